The largest absolute Gasteiger partial charge is 0.327 e. The molecule has 0 bridgehead atoms. The number of fused-ring (bicyclic) bond motifs is 1. The van der Waals surface area contributed by atoms with Crippen molar-refractivity contribution in [1.29, 1.82) is 5.26 Å². The Hall–Kier alpha value is -2.82. The van der Waals surface area contributed by atoms with Gasteiger partial charge in [0.15, 0.2) is 0 Å². The van der Waals surface area contributed by atoms with Gasteiger partial charge < -0.3 is 0 Å². The first-order chi connectivity index (χ1) is 8.08. The van der Waals surface area contributed by atoms with Crippen molar-refractivity contribution in [3.63, 3.8) is 0 Å². The number of aromatic amines is 4. The molecule has 0 aromatic carbocycles. The molecule has 8 heteroatoms. The lowest BCUT2D eigenvalue weighted by Gasteiger charge is -1.83. The number of nitrogens with zero attached hydrogens (tertiary/aromatic N) is 1. The van der Waals surface area contributed by atoms with Gasteiger partial charge in [-0.2, -0.15) is 5.26 Å². The van der Waals surface area contributed by atoms with Crippen molar-refractivity contribution in [1.82, 2.24) is 19.9 Å². The number of imidazole rings is 1. The van der Waals surface area contributed by atoms with Crippen LogP contribution in [-0.2, 0) is 0 Å². The molecular weight excluding hydrogens is 226 g/mol. The summed E-state index contributed by atoms with van der Waals surface area (Å²) in [5.41, 5.74) is -1.65. The van der Waals surface area contributed by atoms with Crippen LogP contribution >= 0.6 is 0 Å². The van der Waals surface area contributed by atoms with E-state index in [-0.39, 0.29) is 11.2 Å². The van der Waals surface area contributed by atoms with Crippen LogP contribution in [0.3, 0.4) is 0 Å². The van der Waals surface area contributed by atoms with Crippen LogP contribution in [-0.4, -0.2) is 19.9 Å². The SMILES string of the molecule is C=CCC#N.O=c1[nH]c(=O)c2[nH]c(=O)[nH]c2[nH]1. The molecule has 0 aliphatic heterocycles. The predicted octanol–water partition coefficient (Wildman–Crippen LogP) is -0.681. The van der Waals surface area contributed by atoms with Gasteiger partial charge in [-0.1, -0.05) is 6.08 Å². The maximum atomic E-state index is 10.9. The van der Waals surface area contributed by atoms with E-state index in [9.17, 15) is 14.4 Å². The van der Waals surface area contributed by atoms with Crippen LogP contribution in [0.5, 0.6) is 0 Å². The van der Waals surface area contributed by atoms with Crippen LogP contribution in [0.25, 0.3) is 11.2 Å². The Labute approximate surface area is 93.6 Å². The summed E-state index contributed by atoms with van der Waals surface area (Å²) in [6, 6.07) is 1.90. The van der Waals surface area contributed by atoms with Crippen molar-refractivity contribution in [2.75, 3.05) is 0 Å². The Kier molecular flexibility index (Phi) is 3.83. The van der Waals surface area contributed by atoms with Crippen LogP contribution in [0.1, 0.15) is 6.42 Å². The van der Waals surface area contributed by atoms with E-state index >= 15 is 0 Å². The Morgan fingerprint density at radius 1 is 1.12 bits per heavy atom. The lowest BCUT2D eigenvalue weighted by atomic mass is 10.5. The van der Waals surface area contributed by atoms with Crippen molar-refractivity contribution < 1.29 is 0 Å². The number of nitrogens with one attached hydrogen (secondary N) is 4. The Balaban J connectivity index is 0.000000249. The molecule has 2 rings (SSSR count). The first kappa shape index (κ1) is 12.3. The molecule has 0 aliphatic carbocycles. The summed E-state index contributed by atoms with van der Waals surface area (Å²) >= 11 is 0. The second-order valence-electron chi connectivity index (χ2n) is 2.89. The molecule has 0 aliphatic rings. The molecule has 8 nitrogen and oxygen atoms in total. The zero-order valence-electron chi connectivity index (χ0n) is 8.66. The van der Waals surface area contributed by atoms with E-state index in [0.717, 1.165) is 0 Å². The molecule has 0 unspecified atom stereocenters. The molecule has 0 atom stereocenters. The van der Waals surface area contributed by atoms with Gasteiger partial charge >= 0.3 is 11.4 Å². The number of allylic oxidation sites excluding steroid dienone is 1. The number of nitriles is 1. The lowest BCUT2D eigenvalue weighted by molar-refractivity contribution is 1.07. The van der Waals surface area contributed by atoms with Gasteiger partial charge in [0.05, 0.1) is 12.5 Å². The molecule has 4 N–H and O–H groups in total. The van der Waals surface area contributed by atoms with E-state index in [1.54, 1.807) is 6.08 Å². The summed E-state index contributed by atoms with van der Waals surface area (Å²) in [4.78, 5) is 41.0. The smallest absolute Gasteiger partial charge is 0.300 e. The minimum Gasteiger partial charge on any atom is -0.300 e. The summed E-state index contributed by atoms with van der Waals surface area (Å²) in [6.45, 7) is 3.33. The van der Waals surface area contributed by atoms with E-state index < -0.39 is 16.9 Å². The van der Waals surface area contributed by atoms with Gasteiger partial charge in [-0.3, -0.25) is 24.7 Å². The van der Waals surface area contributed by atoms with E-state index in [1.165, 1.54) is 0 Å². The highest BCUT2D eigenvalue weighted by atomic mass is 16.2. The highest BCUT2D eigenvalue weighted by molar-refractivity contribution is 5.67. The average molecular weight is 235 g/mol. The van der Waals surface area contributed by atoms with Gasteiger partial charge in [0.25, 0.3) is 5.56 Å². The van der Waals surface area contributed by atoms with Crippen molar-refractivity contribution in [3.8, 4) is 6.07 Å². The predicted molar refractivity (Wildman–Crippen MR) is 60.6 cm³/mol. The molecule has 17 heavy (non-hydrogen) atoms. The summed E-state index contributed by atoms with van der Waals surface area (Å²) in [7, 11) is 0. The topological polar surface area (TPSA) is 138 Å². The summed E-state index contributed by atoms with van der Waals surface area (Å²) in [5.74, 6) is 0. The van der Waals surface area contributed by atoms with Crippen molar-refractivity contribution >= 4 is 11.2 Å². The second-order valence-corrected chi connectivity index (χ2v) is 2.89. The number of hydrogen-bond donors (Lipinski definition) is 4. The van der Waals surface area contributed by atoms with E-state index in [0.29, 0.717) is 6.42 Å². The highest BCUT2D eigenvalue weighted by Crippen LogP contribution is 1.88. The molecule has 2 aromatic heterocycles. The van der Waals surface area contributed by atoms with Gasteiger partial charge in [-0.05, 0) is 0 Å². The second kappa shape index (κ2) is 5.32. The van der Waals surface area contributed by atoms with Crippen LogP contribution in [0, 0.1) is 11.3 Å². The highest BCUT2D eigenvalue weighted by Gasteiger charge is 2.02. The number of H-pyrrole nitrogens is 4. The van der Waals surface area contributed by atoms with E-state index in [1.807, 2.05) is 11.1 Å². The molecule has 0 saturated carbocycles. The fourth-order valence-corrected chi connectivity index (χ4v) is 1.02. The molecule has 0 saturated heterocycles. The minimum absolute atomic E-state index is 0.0413. The molecule has 0 radical (unpaired) electrons. The summed E-state index contributed by atoms with van der Waals surface area (Å²) < 4.78 is 0. The monoisotopic (exact) mass is 235 g/mol. The molecule has 2 heterocycles. The maximum absolute atomic E-state index is 10.9. The lowest BCUT2D eigenvalue weighted by Crippen LogP contribution is -2.21. The molecule has 0 spiro atoms. The van der Waals surface area contributed by atoms with E-state index in [2.05, 4.69) is 21.5 Å². The third-order valence-corrected chi connectivity index (χ3v) is 1.66. The van der Waals surface area contributed by atoms with Crippen LogP contribution in [0.2, 0.25) is 0 Å². The van der Waals surface area contributed by atoms with Gasteiger partial charge in [-0.25, -0.2) is 9.59 Å². The third kappa shape index (κ3) is 3.07. The van der Waals surface area contributed by atoms with Gasteiger partial charge in [0, 0.05) is 0 Å². The molecule has 0 amide bonds. The van der Waals surface area contributed by atoms with E-state index in [4.69, 9.17) is 5.26 Å². The van der Waals surface area contributed by atoms with Gasteiger partial charge in [0.1, 0.15) is 11.2 Å². The van der Waals surface area contributed by atoms with Crippen molar-refractivity contribution in [3.05, 3.63) is 44.0 Å². The normalized spacial score (nSPS) is 9.12. The molecule has 2 aromatic rings. The van der Waals surface area contributed by atoms with Crippen LogP contribution < -0.4 is 16.9 Å². The maximum Gasteiger partial charge on any atom is 0.327 e. The third-order valence-electron chi connectivity index (χ3n) is 1.66. The standard InChI is InChI=1S/C5H4N4O3.C4H5N/c10-3-1-2(7-4(11)6-1)8-5(12)9-3;1-2-3-4-5/h(H4,6,7,8,9,10,11,12);2H,1,3H2. The molecule has 88 valence electrons. The summed E-state index contributed by atoms with van der Waals surface area (Å²) in [5, 5.41) is 7.74. The summed E-state index contributed by atoms with van der Waals surface area (Å²) in [6.07, 6.45) is 2.03. The fraction of sp³-hybridized carbons (Fsp3) is 0.111. The zero-order valence-corrected chi connectivity index (χ0v) is 8.66. The first-order valence-electron chi connectivity index (χ1n) is 4.51. The minimum atomic E-state index is -0.650. The zero-order chi connectivity index (χ0) is 12.8. The quantitative estimate of drug-likeness (QED) is 0.486. The first-order valence-corrected chi connectivity index (χ1v) is 4.51. The Morgan fingerprint density at radius 3 is 2.18 bits per heavy atom. The number of hydrogen-bond acceptors (Lipinski definition) is 4. The van der Waals surface area contributed by atoms with Crippen molar-refractivity contribution in [2.24, 2.45) is 0 Å². The van der Waals surface area contributed by atoms with Gasteiger partial charge in [0.2, 0.25) is 0 Å². The number of aromatic nitrogens is 4. The number of rotatable bonds is 1. The average Bonchev–Trinajstić information content (AvgIpc) is 2.61. The van der Waals surface area contributed by atoms with Crippen LogP contribution in [0.4, 0.5) is 0 Å². The molecule has 0 fully saturated rings. The Morgan fingerprint density at radius 2 is 1.71 bits per heavy atom. The van der Waals surface area contributed by atoms with Crippen LogP contribution in [0.15, 0.2) is 27.0 Å². The van der Waals surface area contributed by atoms with Gasteiger partial charge in [-0.15, -0.1) is 6.58 Å². The fourth-order valence-electron chi connectivity index (χ4n) is 1.02. The van der Waals surface area contributed by atoms with Crippen molar-refractivity contribution in [2.45, 2.75) is 6.42 Å². The Bertz CT molecular complexity index is 724. The molecular formula is C9H9N5O3.